The van der Waals surface area contributed by atoms with Crippen molar-refractivity contribution in [3.8, 4) is 0 Å². The molecule has 0 amide bonds. The molecule has 0 heterocycles. The van der Waals surface area contributed by atoms with Gasteiger partial charge in [0.15, 0.2) is 0 Å². The molecule has 0 unspecified atom stereocenters. The summed E-state index contributed by atoms with van der Waals surface area (Å²) in [5.41, 5.74) is 0.129. The normalized spacial score (nSPS) is 38.3. The lowest BCUT2D eigenvalue weighted by atomic mass is 9.49. The maximum Gasteiger partial charge on any atom is 0.306 e. The van der Waals surface area contributed by atoms with E-state index in [0.29, 0.717) is 0 Å². The molecule has 2 aliphatic rings. The second-order valence-electron chi connectivity index (χ2n) is 6.40. The highest BCUT2D eigenvalue weighted by atomic mass is 32.2. The Morgan fingerprint density at radius 2 is 2.00 bits per heavy atom. The molecule has 17 heavy (non-hydrogen) atoms. The number of hydrogen-bond acceptors (Lipinski definition) is 2. The Balaban J connectivity index is 1.89. The summed E-state index contributed by atoms with van der Waals surface area (Å²) in [6.07, 6.45) is 3.60. The van der Waals surface area contributed by atoms with E-state index in [2.05, 4.69) is 4.72 Å². The van der Waals surface area contributed by atoms with Crippen LogP contribution in [-0.4, -0.2) is 26.1 Å². The summed E-state index contributed by atoms with van der Waals surface area (Å²) in [6.45, 7) is 5.84. The molecular formula is C12H21NO3S. The van der Waals surface area contributed by atoms with E-state index in [9.17, 15) is 9.00 Å². The summed E-state index contributed by atoms with van der Waals surface area (Å²) in [6, 6.07) is 0.248. The number of hydrogen-bond donors (Lipinski definition) is 2. The van der Waals surface area contributed by atoms with Gasteiger partial charge in [-0.3, -0.25) is 4.79 Å². The summed E-state index contributed by atoms with van der Waals surface area (Å²) in [7, 11) is -1.05. The lowest BCUT2D eigenvalue weighted by Gasteiger charge is -2.58. The van der Waals surface area contributed by atoms with Gasteiger partial charge in [-0.2, -0.15) is 0 Å². The van der Waals surface area contributed by atoms with Crippen molar-refractivity contribution in [3.63, 3.8) is 0 Å². The quantitative estimate of drug-likeness (QED) is 0.810. The molecule has 0 saturated heterocycles. The minimum absolute atomic E-state index is 0.129. The van der Waals surface area contributed by atoms with Crippen LogP contribution in [0.15, 0.2) is 0 Å². The predicted molar refractivity (Wildman–Crippen MR) is 66.8 cm³/mol. The Labute approximate surface area is 105 Å². The van der Waals surface area contributed by atoms with Crippen LogP contribution in [0.25, 0.3) is 0 Å². The minimum Gasteiger partial charge on any atom is -0.481 e. The summed E-state index contributed by atoms with van der Waals surface area (Å²) < 4.78 is 14.9. The fourth-order valence-electron chi connectivity index (χ4n) is 2.77. The molecule has 5 heteroatoms. The fourth-order valence-corrected chi connectivity index (χ4v) is 3.75. The van der Waals surface area contributed by atoms with Gasteiger partial charge in [-0.05, 0) is 51.9 Å². The predicted octanol–water partition coefficient (Wildman–Crippen LogP) is 1.68. The Bertz CT molecular complexity index is 355. The average molecular weight is 259 g/mol. The molecule has 0 bridgehead atoms. The van der Waals surface area contributed by atoms with Crippen LogP contribution in [0.5, 0.6) is 0 Å². The van der Waals surface area contributed by atoms with Crippen LogP contribution in [0.2, 0.25) is 0 Å². The fraction of sp³-hybridized carbons (Fsp3) is 0.917. The Kier molecular flexibility index (Phi) is 3.11. The highest BCUT2D eigenvalue weighted by Gasteiger charge is 2.57. The highest BCUT2D eigenvalue weighted by molar-refractivity contribution is 7.84. The number of carbonyl (C=O) groups is 1. The van der Waals surface area contributed by atoms with Gasteiger partial charge in [0.25, 0.3) is 0 Å². The van der Waals surface area contributed by atoms with E-state index in [1.54, 1.807) is 0 Å². The maximum atomic E-state index is 12.0. The monoisotopic (exact) mass is 259 g/mol. The molecule has 0 aromatic carbocycles. The smallest absolute Gasteiger partial charge is 0.306 e. The van der Waals surface area contributed by atoms with Crippen molar-refractivity contribution in [2.45, 2.75) is 57.2 Å². The topological polar surface area (TPSA) is 66.4 Å². The zero-order valence-corrected chi connectivity index (χ0v) is 11.5. The molecule has 0 aromatic rings. The van der Waals surface area contributed by atoms with E-state index < -0.39 is 17.0 Å². The van der Waals surface area contributed by atoms with Gasteiger partial charge in [-0.15, -0.1) is 0 Å². The van der Waals surface area contributed by atoms with E-state index >= 15 is 0 Å². The van der Waals surface area contributed by atoms with Gasteiger partial charge >= 0.3 is 5.97 Å². The molecule has 2 fully saturated rings. The molecule has 2 rings (SSSR count). The number of carboxylic acids is 1. The lowest BCUT2D eigenvalue weighted by molar-refractivity contribution is -0.156. The molecule has 0 aliphatic heterocycles. The third-order valence-electron chi connectivity index (χ3n) is 4.13. The molecule has 2 atom stereocenters. The van der Waals surface area contributed by atoms with Crippen LogP contribution in [0, 0.1) is 11.3 Å². The van der Waals surface area contributed by atoms with Gasteiger partial charge in [0.1, 0.15) is 0 Å². The van der Waals surface area contributed by atoms with E-state index in [1.807, 2.05) is 20.8 Å². The van der Waals surface area contributed by atoms with E-state index in [0.717, 1.165) is 25.7 Å². The largest absolute Gasteiger partial charge is 0.481 e. The first kappa shape index (κ1) is 13.0. The second-order valence-corrected chi connectivity index (χ2v) is 8.39. The van der Waals surface area contributed by atoms with Gasteiger partial charge in [0, 0.05) is 6.04 Å². The number of nitrogens with one attached hydrogen (secondary N) is 1. The number of rotatable bonds is 3. The Morgan fingerprint density at radius 1 is 1.41 bits per heavy atom. The second kappa shape index (κ2) is 4.05. The van der Waals surface area contributed by atoms with Gasteiger partial charge in [0.2, 0.25) is 0 Å². The van der Waals surface area contributed by atoms with Crippen molar-refractivity contribution in [2.24, 2.45) is 11.3 Å². The molecule has 1 spiro atoms. The van der Waals surface area contributed by atoms with Crippen LogP contribution in [0.1, 0.15) is 46.5 Å². The summed E-state index contributed by atoms with van der Waals surface area (Å²) in [5, 5.41) is 8.90. The highest BCUT2D eigenvalue weighted by Crippen LogP contribution is 2.58. The SMILES string of the molecule is CC(C)(C)[S@](=O)N[C@H]1CCC12CC(C(=O)O)C2. The van der Waals surface area contributed by atoms with Crippen LogP contribution in [-0.2, 0) is 15.8 Å². The molecule has 98 valence electrons. The summed E-state index contributed by atoms with van der Waals surface area (Å²) >= 11 is 0. The van der Waals surface area contributed by atoms with Crippen molar-refractivity contribution >= 4 is 17.0 Å². The van der Waals surface area contributed by atoms with Crippen LogP contribution in [0.4, 0.5) is 0 Å². The minimum atomic E-state index is -1.05. The van der Waals surface area contributed by atoms with Crippen molar-refractivity contribution < 1.29 is 14.1 Å². The number of aliphatic carboxylic acids is 1. The van der Waals surface area contributed by atoms with Crippen LogP contribution < -0.4 is 4.72 Å². The average Bonchev–Trinajstić information content (AvgIpc) is 2.07. The van der Waals surface area contributed by atoms with E-state index in [4.69, 9.17) is 5.11 Å². The summed E-state index contributed by atoms with van der Waals surface area (Å²) in [5.74, 6) is -0.860. The van der Waals surface area contributed by atoms with E-state index in [-0.39, 0.29) is 22.1 Å². The molecule has 2 N–H and O–H groups in total. The first-order chi connectivity index (χ1) is 7.74. The van der Waals surface area contributed by atoms with Crippen LogP contribution in [0.3, 0.4) is 0 Å². The Morgan fingerprint density at radius 3 is 2.35 bits per heavy atom. The third kappa shape index (κ3) is 2.27. The molecular weight excluding hydrogens is 238 g/mol. The first-order valence-corrected chi connectivity index (χ1v) is 7.30. The van der Waals surface area contributed by atoms with Gasteiger partial charge in [-0.25, -0.2) is 8.93 Å². The molecule has 2 aliphatic carbocycles. The molecule has 4 nitrogen and oxygen atoms in total. The molecule has 2 saturated carbocycles. The van der Waals surface area contributed by atoms with Crippen LogP contribution >= 0.6 is 0 Å². The summed E-state index contributed by atoms with van der Waals surface area (Å²) in [4.78, 5) is 10.8. The standard InChI is InChI=1S/C12H21NO3S/c1-11(2,3)17(16)13-9-4-5-12(9)6-8(7-12)10(14)15/h8-9,13H,4-7H2,1-3H3,(H,14,15)/t8?,9-,12?,17-/m0/s1. The zero-order valence-electron chi connectivity index (χ0n) is 10.7. The van der Waals surface area contributed by atoms with Crippen molar-refractivity contribution in [3.05, 3.63) is 0 Å². The van der Waals surface area contributed by atoms with Gasteiger partial charge in [0.05, 0.1) is 21.7 Å². The zero-order chi connectivity index (χ0) is 12.8. The Hall–Kier alpha value is -0.420. The maximum absolute atomic E-state index is 12.0. The number of carboxylic acid groups (broad SMARTS) is 1. The van der Waals surface area contributed by atoms with E-state index in [1.165, 1.54) is 0 Å². The van der Waals surface area contributed by atoms with Gasteiger partial charge < -0.3 is 5.11 Å². The lowest BCUT2D eigenvalue weighted by Crippen LogP contribution is -2.62. The van der Waals surface area contributed by atoms with Gasteiger partial charge in [-0.1, -0.05) is 0 Å². The van der Waals surface area contributed by atoms with Crippen molar-refractivity contribution in [1.82, 2.24) is 4.72 Å². The van der Waals surface area contributed by atoms with Crippen molar-refractivity contribution in [2.75, 3.05) is 0 Å². The molecule has 0 radical (unpaired) electrons. The third-order valence-corrected chi connectivity index (χ3v) is 5.74. The van der Waals surface area contributed by atoms with Crippen molar-refractivity contribution in [1.29, 1.82) is 0 Å². The first-order valence-electron chi connectivity index (χ1n) is 6.15. The molecule has 0 aromatic heterocycles.